The number of amides is 1. The molecule has 7 nitrogen and oxygen atoms in total. The third-order valence-electron chi connectivity index (χ3n) is 4.23. The number of rotatable bonds is 5. The van der Waals surface area contributed by atoms with Crippen molar-refractivity contribution >= 4 is 11.9 Å². The monoisotopic (exact) mass is 309 g/mol. The van der Waals surface area contributed by atoms with Crippen LogP contribution in [0.5, 0.6) is 5.75 Å². The number of aromatic nitrogens is 2. The van der Waals surface area contributed by atoms with Crippen LogP contribution >= 0.6 is 0 Å². The van der Waals surface area contributed by atoms with Crippen LogP contribution in [0.3, 0.4) is 0 Å². The Bertz CT molecular complexity index is 559. The van der Waals surface area contributed by atoms with Gasteiger partial charge in [-0.3, -0.25) is 14.3 Å². The Kier molecular flexibility index (Phi) is 5.05. The molecule has 0 unspecified atom stereocenters. The number of carbonyl (C=O) groups is 2. The standard InChI is InChI=1S/C15H23N3O4/c1-9-14(10(2)18(3)17-9)22-8-13(19)16-12-6-4-11(5-7-12)15(20)21/h11-12H,4-8H2,1-3H3,(H,16,19)(H,20,21). The van der Waals surface area contributed by atoms with Crippen LogP contribution in [-0.2, 0) is 16.6 Å². The molecule has 2 N–H and O–H groups in total. The molecule has 1 heterocycles. The molecule has 0 bridgehead atoms. The smallest absolute Gasteiger partial charge is 0.306 e. The molecule has 0 radical (unpaired) electrons. The number of hydrogen-bond acceptors (Lipinski definition) is 4. The van der Waals surface area contributed by atoms with Gasteiger partial charge in [0.1, 0.15) is 5.69 Å². The highest BCUT2D eigenvalue weighted by Gasteiger charge is 2.26. The van der Waals surface area contributed by atoms with Crippen LogP contribution in [0.4, 0.5) is 0 Å². The molecule has 0 saturated heterocycles. The minimum Gasteiger partial charge on any atom is -0.481 e. The van der Waals surface area contributed by atoms with E-state index in [2.05, 4.69) is 10.4 Å². The summed E-state index contributed by atoms with van der Waals surface area (Å²) in [5, 5.41) is 16.1. The third-order valence-corrected chi connectivity index (χ3v) is 4.23. The number of ether oxygens (including phenoxy) is 1. The van der Waals surface area contributed by atoms with Crippen LogP contribution in [0.25, 0.3) is 0 Å². The lowest BCUT2D eigenvalue weighted by Gasteiger charge is -2.26. The summed E-state index contributed by atoms with van der Waals surface area (Å²) in [5.74, 6) is -0.547. The van der Waals surface area contributed by atoms with Crippen LogP contribution in [0.15, 0.2) is 0 Å². The molecule has 0 aliphatic heterocycles. The first kappa shape index (κ1) is 16.3. The molecular weight excluding hydrogens is 286 g/mol. The minimum atomic E-state index is -0.740. The Morgan fingerprint density at radius 3 is 2.45 bits per heavy atom. The summed E-state index contributed by atoms with van der Waals surface area (Å²) in [6.45, 7) is 3.68. The molecule has 1 aromatic rings. The van der Waals surface area contributed by atoms with E-state index in [1.807, 2.05) is 20.9 Å². The molecule has 1 amide bonds. The quantitative estimate of drug-likeness (QED) is 0.851. The van der Waals surface area contributed by atoms with E-state index in [1.165, 1.54) is 0 Å². The average Bonchev–Trinajstić information content (AvgIpc) is 2.70. The van der Waals surface area contributed by atoms with Gasteiger partial charge in [-0.05, 0) is 39.5 Å². The number of nitrogens with one attached hydrogen (secondary N) is 1. The molecule has 0 spiro atoms. The van der Waals surface area contributed by atoms with Gasteiger partial charge in [-0.2, -0.15) is 5.10 Å². The number of nitrogens with zero attached hydrogens (tertiary/aromatic N) is 2. The van der Waals surface area contributed by atoms with Gasteiger partial charge in [-0.1, -0.05) is 0 Å². The van der Waals surface area contributed by atoms with Gasteiger partial charge in [0, 0.05) is 13.1 Å². The summed E-state index contributed by atoms with van der Waals surface area (Å²) in [7, 11) is 1.83. The number of carboxylic acids is 1. The topological polar surface area (TPSA) is 93.5 Å². The van der Waals surface area contributed by atoms with Crippen molar-refractivity contribution in [3.8, 4) is 5.75 Å². The molecule has 7 heteroatoms. The third kappa shape index (κ3) is 3.78. The Morgan fingerprint density at radius 1 is 1.32 bits per heavy atom. The van der Waals surface area contributed by atoms with E-state index < -0.39 is 5.97 Å². The predicted molar refractivity (Wildman–Crippen MR) is 79.7 cm³/mol. The SMILES string of the molecule is Cc1nn(C)c(C)c1OCC(=O)NC1CCC(C(=O)O)CC1. The van der Waals surface area contributed by atoms with Crippen molar-refractivity contribution < 1.29 is 19.4 Å². The lowest BCUT2D eigenvalue weighted by Crippen LogP contribution is -2.40. The van der Waals surface area contributed by atoms with Gasteiger partial charge in [0.05, 0.1) is 11.6 Å². The van der Waals surface area contributed by atoms with E-state index >= 15 is 0 Å². The number of carboxylic acid groups (broad SMARTS) is 1. The van der Waals surface area contributed by atoms with E-state index in [-0.39, 0.29) is 24.5 Å². The summed E-state index contributed by atoms with van der Waals surface area (Å²) < 4.78 is 7.28. The Labute approximate surface area is 129 Å². The lowest BCUT2D eigenvalue weighted by molar-refractivity contribution is -0.142. The van der Waals surface area contributed by atoms with Gasteiger partial charge in [-0.15, -0.1) is 0 Å². The van der Waals surface area contributed by atoms with Crippen molar-refractivity contribution in [1.82, 2.24) is 15.1 Å². The van der Waals surface area contributed by atoms with Crippen molar-refractivity contribution in [2.24, 2.45) is 13.0 Å². The van der Waals surface area contributed by atoms with Crippen LogP contribution in [0.2, 0.25) is 0 Å². The maximum Gasteiger partial charge on any atom is 0.306 e. The molecule has 2 rings (SSSR count). The van der Waals surface area contributed by atoms with E-state index in [0.29, 0.717) is 31.4 Å². The molecule has 122 valence electrons. The van der Waals surface area contributed by atoms with Gasteiger partial charge in [0.15, 0.2) is 12.4 Å². The lowest BCUT2D eigenvalue weighted by atomic mass is 9.86. The van der Waals surface area contributed by atoms with Crippen LogP contribution in [-0.4, -0.2) is 39.4 Å². The van der Waals surface area contributed by atoms with E-state index in [1.54, 1.807) is 4.68 Å². The normalized spacial score (nSPS) is 21.4. The first-order valence-corrected chi connectivity index (χ1v) is 7.53. The van der Waals surface area contributed by atoms with Gasteiger partial charge >= 0.3 is 5.97 Å². The summed E-state index contributed by atoms with van der Waals surface area (Å²) in [6.07, 6.45) is 2.63. The zero-order valence-electron chi connectivity index (χ0n) is 13.3. The second-order valence-corrected chi connectivity index (χ2v) is 5.87. The fourth-order valence-corrected chi connectivity index (χ4v) is 2.85. The number of hydrogen-bond donors (Lipinski definition) is 2. The highest BCUT2D eigenvalue weighted by atomic mass is 16.5. The molecule has 1 saturated carbocycles. The zero-order chi connectivity index (χ0) is 16.3. The highest BCUT2D eigenvalue weighted by Crippen LogP contribution is 2.24. The summed E-state index contributed by atoms with van der Waals surface area (Å²) in [6, 6.07) is 0.0443. The van der Waals surface area contributed by atoms with Gasteiger partial charge in [0.25, 0.3) is 5.91 Å². The molecule has 22 heavy (non-hydrogen) atoms. The van der Waals surface area contributed by atoms with Crippen molar-refractivity contribution in [3.05, 3.63) is 11.4 Å². The minimum absolute atomic E-state index is 0.0443. The first-order valence-electron chi connectivity index (χ1n) is 7.53. The maximum absolute atomic E-state index is 11.9. The number of carbonyl (C=O) groups excluding carboxylic acids is 1. The molecule has 1 aromatic heterocycles. The number of aliphatic carboxylic acids is 1. The molecule has 1 aliphatic carbocycles. The molecular formula is C15H23N3O4. The summed E-state index contributed by atoms with van der Waals surface area (Å²) in [4.78, 5) is 22.8. The Balaban J connectivity index is 1.78. The first-order chi connectivity index (χ1) is 10.4. The predicted octanol–water partition coefficient (Wildman–Crippen LogP) is 1.18. The summed E-state index contributed by atoms with van der Waals surface area (Å²) in [5.41, 5.74) is 1.64. The van der Waals surface area contributed by atoms with Crippen molar-refractivity contribution in [2.45, 2.75) is 45.6 Å². The van der Waals surface area contributed by atoms with Gasteiger partial charge in [0.2, 0.25) is 0 Å². The molecule has 0 aromatic carbocycles. The molecule has 0 atom stereocenters. The van der Waals surface area contributed by atoms with Crippen LogP contribution in [0.1, 0.15) is 37.1 Å². The van der Waals surface area contributed by atoms with Gasteiger partial charge < -0.3 is 15.2 Å². The average molecular weight is 309 g/mol. The fraction of sp³-hybridized carbons (Fsp3) is 0.667. The van der Waals surface area contributed by atoms with Crippen LogP contribution in [0, 0.1) is 19.8 Å². The van der Waals surface area contributed by atoms with E-state index in [0.717, 1.165) is 11.4 Å². The largest absolute Gasteiger partial charge is 0.481 e. The van der Waals surface area contributed by atoms with Crippen LogP contribution < -0.4 is 10.1 Å². The Morgan fingerprint density at radius 2 is 1.95 bits per heavy atom. The van der Waals surface area contributed by atoms with Crippen molar-refractivity contribution in [1.29, 1.82) is 0 Å². The Hall–Kier alpha value is -2.05. The van der Waals surface area contributed by atoms with Gasteiger partial charge in [-0.25, -0.2) is 0 Å². The van der Waals surface area contributed by atoms with Crippen molar-refractivity contribution in [3.63, 3.8) is 0 Å². The number of aryl methyl sites for hydroxylation is 2. The maximum atomic E-state index is 11.9. The highest BCUT2D eigenvalue weighted by molar-refractivity contribution is 5.78. The zero-order valence-corrected chi connectivity index (χ0v) is 13.3. The van der Waals surface area contributed by atoms with E-state index in [4.69, 9.17) is 9.84 Å². The summed E-state index contributed by atoms with van der Waals surface area (Å²) >= 11 is 0. The second kappa shape index (κ2) is 6.81. The molecule has 1 fully saturated rings. The fourth-order valence-electron chi connectivity index (χ4n) is 2.85. The second-order valence-electron chi connectivity index (χ2n) is 5.87. The van der Waals surface area contributed by atoms with Crippen molar-refractivity contribution in [2.75, 3.05) is 6.61 Å². The van der Waals surface area contributed by atoms with E-state index in [9.17, 15) is 9.59 Å². The molecule has 1 aliphatic rings.